The number of para-hydroxylation sites is 1. The van der Waals surface area contributed by atoms with Crippen LogP contribution in [0.25, 0.3) is 10.9 Å². The lowest BCUT2D eigenvalue weighted by Gasteiger charge is -2.26. The van der Waals surface area contributed by atoms with E-state index in [0.717, 1.165) is 30.2 Å². The van der Waals surface area contributed by atoms with Gasteiger partial charge in [0.25, 0.3) is 0 Å². The molecular formula is C54H82N8O11S. The first-order valence-electron chi connectivity index (χ1n) is 26.1. The summed E-state index contributed by atoms with van der Waals surface area (Å²) in [6.07, 6.45) is 14.5. The zero-order valence-corrected chi connectivity index (χ0v) is 45.0. The number of rotatable bonds is 35. The minimum absolute atomic E-state index is 0.00666. The Hall–Kier alpha value is -6.31. The van der Waals surface area contributed by atoms with Crippen LogP contribution in [0.1, 0.15) is 142 Å². The number of aromatic nitrogens is 1. The Balaban J connectivity index is 1.75. The summed E-state index contributed by atoms with van der Waals surface area (Å²) in [7, 11) is 0. The summed E-state index contributed by atoms with van der Waals surface area (Å²) < 4.78 is 5.40. The number of carbonyl (C=O) groups is 8. The van der Waals surface area contributed by atoms with Crippen molar-refractivity contribution in [3.8, 4) is 5.75 Å². The molecule has 0 saturated carbocycles. The number of aromatic amines is 1. The molecule has 3 rings (SSSR count). The summed E-state index contributed by atoms with van der Waals surface area (Å²) >= 11 is 1.41. The number of benzene rings is 2. The van der Waals surface area contributed by atoms with Crippen molar-refractivity contribution in [3.63, 3.8) is 0 Å². The van der Waals surface area contributed by atoms with Gasteiger partial charge in [-0.05, 0) is 81.4 Å². The number of thioether (sulfide) groups is 1. The maximum atomic E-state index is 14.3. The number of carboxylic acid groups (broad SMARTS) is 1. The van der Waals surface area contributed by atoms with Gasteiger partial charge in [0, 0.05) is 36.5 Å². The van der Waals surface area contributed by atoms with Gasteiger partial charge in [-0.15, -0.1) is 0 Å². The van der Waals surface area contributed by atoms with Crippen molar-refractivity contribution in [2.75, 3.05) is 25.1 Å². The predicted octanol–water partition coefficient (Wildman–Crippen LogP) is 6.06. The molecule has 19 nitrogen and oxygen atoms in total. The van der Waals surface area contributed by atoms with Crippen LogP contribution in [0.2, 0.25) is 0 Å². The van der Waals surface area contributed by atoms with Gasteiger partial charge in [0.2, 0.25) is 35.4 Å². The molecule has 10 N–H and O–H groups in total. The molecule has 0 radical (unpaired) electrons. The summed E-state index contributed by atoms with van der Waals surface area (Å²) in [5, 5.41) is 38.9. The first kappa shape index (κ1) is 62.0. The van der Waals surface area contributed by atoms with Crippen molar-refractivity contribution in [2.45, 2.75) is 180 Å². The number of amides is 7. The molecule has 3 aromatic rings. The molecule has 0 bridgehead atoms. The summed E-state index contributed by atoms with van der Waals surface area (Å²) in [6, 6.07) is 7.16. The highest BCUT2D eigenvalue weighted by Crippen LogP contribution is 2.20. The number of alkyl carbamates (subject to hydrolysis) is 1. The summed E-state index contributed by atoms with van der Waals surface area (Å²) in [6.45, 7) is 8.82. The summed E-state index contributed by atoms with van der Waals surface area (Å²) in [5.74, 6) is -5.21. The summed E-state index contributed by atoms with van der Waals surface area (Å²) in [5.41, 5.74) is 1.18. The molecular weight excluding hydrogens is 969 g/mol. The average molecular weight is 1050 g/mol. The number of aromatic hydroxyl groups is 1. The van der Waals surface area contributed by atoms with Gasteiger partial charge in [-0.2, -0.15) is 11.8 Å². The third-order valence-electron chi connectivity index (χ3n) is 12.1. The number of nitrogens with one attached hydrogen (secondary N) is 8. The fraction of sp³-hybridized carbons (Fsp3) is 0.593. The number of H-pyrrole nitrogens is 1. The van der Waals surface area contributed by atoms with Crippen LogP contribution in [-0.2, 0) is 51.1 Å². The number of ether oxygens (including phenoxy) is 1. The van der Waals surface area contributed by atoms with Crippen LogP contribution >= 0.6 is 11.8 Å². The molecule has 2 aromatic carbocycles. The lowest BCUT2D eigenvalue weighted by molar-refractivity contribution is -0.141. The van der Waals surface area contributed by atoms with Gasteiger partial charge in [-0.3, -0.25) is 33.6 Å². The Kier molecular flexibility index (Phi) is 28.1. The number of hydrogen-bond donors (Lipinski definition) is 10. The van der Waals surface area contributed by atoms with Crippen LogP contribution in [0, 0.1) is 0 Å². The molecule has 20 heteroatoms. The Labute approximate surface area is 440 Å². The standard InChI is InChI=1S/C54H82N8O11S/c1-7-9-11-12-13-14-15-16-17-20-29-55-49(68)45(33-47(65)66)61-50(69)42(28-30-74-6)60-52(71)44(32-37-34-56-40-23-19-18-21-39(37)40)58-46(64)35-57-48(67)41(22-10-8-2)59-51(70)43(62-53(72)73-54(3,4)5)31-36-24-26-38(63)27-25-36/h18-19,21,23-27,34,41-45,56,63H,7-17,20,22,28-33,35H2,1-6H3,(H,55,68)(H,57,67)(H,58,64)(H,59,70)(H,60,71)(H,61,69)(H,62,72)(H,65,66)/t41-,42-,43-,44-,45-/m0/s1. The fourth-order valence-electron chi connectivity index (χ4n) is 8.12. The molecule has 0 aliphatic rings. The molecule has 0 unspecified atom stereocenters. The molecule has 0 aliphatic heterocycles. The molecule has 0 saturated heterocycles. The Morgan fingerprint density at radius 1 is 0.622 bits per heavy atom. The average Bonchev–Trinajstić information content (AvgIpc) is 3.76. The molecule has 1 heterocycles. The maximum Gasteiger partial charge on any atom is 0.408 e. The van der Waals surface area contributed by atoms with Crippen LogP contribution in [0.3, 0.4) is 0 Å². The second kappa shape index (κ2) is 33.5. The predicted molar refractivity (Wildman–Crippen MR) is 287 cm³/mol. The van der Waals surface area contributed by atoms with Gasteiger partial charge in [-0.25, -0.2) is 4.79 Å². The lowest BCUT2D eigenvalue weighted by Crippen LogP contribution is -2.58. The van der Waals surface area contributed by atoms with Gasteiger partial charge < -0.3 is 57.2 Å². The van der Waals surface area contributed by atoms with E-state index in [4.69, 9.17) is 4.74 Å². The van der Waals surface area contributed by atoms with Crippen LogP contribution in [-0.4, -0.2) is 124 Å². The van der Waals surface area contributed by atoms with Crippen molar-refractivity contribution in [1.82, 2.24) is 42.2 Å². The number of hydrogen-bond acceptors (Lipinski definition) is 11. The number of fused-ring (bicyclic) bond motifs is 1. The summed E-state index contributed by atoms with van der Waals surface area (Å²) in [4.78, 5) is 111. The zero-order valence-electron chi connectivity index (χ0n) is 44.2. The van der Waals surface area contributed by atoms with Crippen molar-refractivity contribution in [1.29, 1.82) is 0 Å². The van der Waals surface area contributed by atoms with Gasteiger partial charge in [0.05, 0.1) is 13.0 Å². The molecule has 410 valence electrons. The largest absolute Gasteiger partial charge is 0.508 e. The Bertz CT molecular complexity index is 2250. The smallest absolute Gasteiger partial charge is 0.408 e. The van der Waals surface area contributed by atoms with E-state index < -0.39 is 96.3 Å². The fourth-order valence-corrected chi connectivity index (χ4v) is 8.59. The quantitative estimate of drug-likeness (QED) is 0.0301. The third-order valence-corrected chi connectivity index (χ3v) is 12.8. The maximum absolute atomic E-state index is 14.3. The van der Waals surface area contributed by atoms with E-state index in [-0.39, 0.29) is 31.4 Å². The zero-order chi connectivity index (χ0) is 54.5. The number of aliphatic carboxylic acids is 1. The van der Waals surface area contributed by atoms with Crippen molar-refractivity contribution >= 4 is 70.2 Å². The van der Waals surface area contributed by atoms with Gasteiger partial charge in [-0.1, -0.05) is 115 Å². The van der Waals surface area contributed by atoms with E-state index in [2.05, 4.69) is 49.1 Å². The second-order valence-electron chi connectivity index (χ2n) is 19.6. The van der Waals surface area contributed by atoms with Crippen LogP contribution < -0.4 is 37.2 Å². The van der Waals surface area contributed by atoms with Gasteiger partial charge in [0.15, 0.2) is 0 Å². The van der Waals surface area contributed by atoms with Crippen LogP contribution in [0.5, 0.6) is 5.75 Å². The lowest BCUT2D eigenvalue weighted by atomic mass is 10.0. The van der Waals surface area contributed by atoms with E-state index in [1.165, 1.54) is 62.4 Å². The molecule has 0 aliphatic carbocycles. The first-order chi connectivity index (χ1) is 35.3. The monoisotopic (exact) mass is 1050 g/mol. The minimum Gasteiger partial charge on any atom is -0.508 e. The van der Waals surface area contributed by atoms with Crippen molar-refractivity contribution in [2.24, 2.45) is 0 Å². The normalized spacial score (nSPS) is 13.3. The Morgan fingerprint density at radius 3 is 1.78 bits per heavy atom. The van der Waals surface area contributed by atoms with Crippen LogP contribution in [0.4, 0.5) is 4.79 Å². The molecule has 74 heavy (non-hydrogen) atoms. The number of carbonyl (C=O) groups excluding carboxylic acids is 7. The van der Waals surface area contributed by atoms with Crippen molar-refractivity contribution in [3.05, 3.63) is 65.9 Å². The SMILES string of the molecule is CCCCCCCCCCCCNC(=O)[C@H](CC(=O)O)NC(=O)[C@H](CCSC)NC(=O)[C@H](Cc1c[nH]c2ccccc12)NC(=O)CNC(=O)[C@H](CCCC)NC(=O)[C@H](Cc1ccc(O)cc1)NC(=O)OC(C)(C)C. The minimum atomic E-state index is -1.42. The van der Waals surface area contributed by atoms with Gasteiger partial charge >= 0.3 is 12.1 Å². The highest BCUT2D eigenvalue weighted by Gasteiger charge is 2.33. The number of phenolic OH excluding ortho intramolecular Hbond substituents is 1. The number of carboxylic acids is 1. The Morgan fingerprint density at radius 2 is 1.18 bits per heavy atom. The van der Waals surface area contributed by atoms with E-state index in [9.17, 15) is 48.6 Å². The van der Waals surface area contributed by atoms with Crippen molar-refractivity contribution < 1.29 is 53.3 Å². The van der Waals surface area contributed by atoms with E-state index in [0.29, 0.717) is 42.7 Å². The number of phenols is 1. The molecule has 1 aromatic heterocycles. The van der Waals surface area contributed by atoms with Crippen LogP contribution in [0.15, 0.2) is 54.7 Å². The van der Waals surface area contributed by atoms with E-state index in [1.807, 2.05) is 37.4 Å². The first-order valence-corrected chi connectivity index (χ1v) is 27.5. The number of unbranched alkanes of at least 4 members (excludes halogenated alkanes) is 10. The molecule has 0 fully saturated rings. The van der Waals surface area contributed by atoms with E-state index in [1.54, 1.807) is 39.1 Å². The molecule has 5 atom stereocenters. The molecule has 7 amide bonds. The molecule has 0 spiro atoms. The second-order valence-corrected chi connectivity index (χ2v) is 20.6. The van der Waals surface area contributed by atoms with E-state index >= 15 is 0 Å². The topological polar surface area (TPSA) is 286 Å². The van der Waals surface area contributed by atoms with Gasteiger partial charge in [0.1, 0.15) is 41.6 Å². The highest BCUT2D eigenvalue weighted by molar-refractivity contribution is 7.98. The third kappa shape index (κ3) is 24.2. The highest BCUT2D eigenvalue weighted by atomic mass is 32.2.